The zero-order valence-corrected chi connectivity index (χ0v) is 10.0. The van der Waals surface area contributed by atoms with E-state index in [9.17, 15) is 9.59 Å². The van der Waals surface area contributed by atoms with Crippen molar-refractivity contribution in [3.05, 3.63) is 35.9 Å². The van der Waals surface area contributed by atoms with E-state index < -0.39 is 5.91 Å². The number of nitrogens with zero attached hydrogens (tertiary/aromatic N) is 2. The second-order valence-corrected chi connectivity index (χ2v) is 3.89. The van der Waals surface area contributed by atoms with Gasteiger partial charge in [0.15, 0.2) is 6.19 Å². The topological polar surface area (TPSA) is 87.2 Å². The number of primary amides is 1. The number of hydrogen-bond acceptors (Lipinski definition) is 3. The van der Waals surface area contributed by atoms with E-state index in [0.717, 1.165) is 10.5 Å². The molecule has 0 heterocycles. The lowest BCUT2D eigenvalue weighted by Crippen LogP contribution is -2.25. The summed E-state index contributed by atoms with van der Waals surface area (Å²) < 4.78 is 0. The van der Waals surface area contributed by atoms with Gasteiger partial charge in [0.1, 0.15) is 0 Å². The molecule has 0 radical (unpaired) electrons. The zero-order chi connectivity index (χ0) is 13.4. The third-order valence-electron chi connectivity index (χ3n) is 2.42. The Bertz CT molecular complexity index is 451. The van der Waals surface area contributed by atoms with Crippen molar-refractivity contribution < 1.29 is 9.59 Å². The summed E-state index contributed by atoms with van der Waals surface area (Å²) in [6.07, 6.45) is 2.55. The van der Waals surface area contributed by atoms with Crippen molar-refractivity contribution in [2.24, 2.45) is 5.73 Å². The highest BCUT2D eigenvalue weighted by Crippen LogP contribution is 2.07. The number of nitriles is 1. The van der Waals surface area contributed by atoms with Crippen molar-refractivity contribution in [3.63, 3.8) is 0 Å². The number of carbonyl (C=O) groups excluding carboxylic acids is 2. The first-order valence-corrected chi connectivity index (χ1v) is 5.66. The van der Waals surface area contributed by atoms with E-state index in [1.54, 1.807) is 0 Å². The smallest absolute Gasteiger partial charge is 0.235 e. The third kappa shape index (κ3) is 4.66. The molecule has 0 aliphatic heterocycles. The molecular weight excluding hydrogens is 230 g/mol. The quantitative estimate of drug-likeness (QED) is 0.602. The molecule has 0 unspecified atom stereocenters. The number of nitrogens with two attached hydrogens (primary N) is 1. The maximum Gasteiger partial charge on any atom is 0.235 e. The average molecular weight is 245 g/mol. The van der Waals surface area contributed by atoms with Crippen LogP contribution in [-0.4, -0.2) is 16.7 Å². The maximum atomic E-state index is 11.7. The predicted molar refractivity (Wildman–Crippen MR) is 65.7 cm³/mol. The molecule has 2 N–H and O–H groups in total. The lowest BCUT2D eigenvalue weighted by Gasteiger charge is -2.13. The van der Waals surface area contributed by atoms with Gasteiger partial charge in [-0.1, -0.05) is 30.3 Å². The lowest BCUT2D eigenvalue weighted by molar-refractivity contribution is -0.128. The molecule has 1 rings (SSSR count). The summed E-state index contributed by atoms with van der Waals surface area (Å²) in [6, 6.07) is 9.27. The van der Waals surface area contributed by atoms with Crippen LogP contribution in [0.25, 0.3) is 0 Å². The molecule has 94 valence electrons. The minimum absolute atomic E-state index is 0.156. The first kappa shape index (κ1) is 13.7. The highest BCUT2D eigenvalue weighted by Gasteiger charge is 2.13. The Morgan fingerprint density at radius 1 is 1.22 bits per heavy atom. The fraction of sp³-hybridized carbons (Fsp3) is 0.308. The van der Waals surface area contributed by atoms with E-state index in [-0.39, 0.29) is 25.3 Å². The second kappa shape index (κ2) is 7.07. The summed E-state index contributed by atoms with van der Waals surface area (Å²) in [7, 11) is 0. The summed E-state index contributed by atoms with van der Waals surface area (Å²) in [5.41, 5.74) is 5.87. The van der Waals surface area contributed by atoms with Crippen LogP contribution < -0.4 is 5.73 Å². The fourth-order valence-electron chi connectivity index (χ4n) is 1.49. The molecule has 5 nitrogen and oxygen atoms in total. The van der Waals surface area contributed by atoms with Gasteiger partial charge in [0, 0.05) is 12.8 Å². The molecule has 0 atom stereocenters. The standard InChI is InChI=1S/C13H15N3O2/c14-10-16(9-11-5-2-1-3-6-11)13(18)8-4-7-12(15)17/h1-3,5-6H,4,7-9H2,(H2,15,17). The van der Waals surface area contributed by atoms with Gasteiger partial charge in [-0.05, 0) is 12.0 Å². The molecule has 0 aliphatic rings. The van der Waals surface area contributed by atoms with Gasteiger partial charge in [-0.2, -0.15) is 5.26 Å². The SMILES string of the molecule is N#CN(Cc1ccccc1)C(=O)CCCC(N)=O. The van der Waals surface area contributed by atoms with E-state index >= 15 is 0 Å². The lowest BCUT2D eigenvalue weighted by atomic mass is 10.2. The maximum absolute atomic E-state index is 11.7. The first-order valence-electron chi connectivity index (χ1n) is 5.66. The van der Waals surface area contributed by atoms with Gasteiger partial charge in [-0.15, -0.1) is 0 Å². The van der Waals surface area contributed by atoms with Crippen molar-refractivity contribution >= 4 is 11.8 Å². The average Bonchev–Trinajstić information content (AvgIpc) is 2.36. The van der Waals surface area contributed by atoms with Crippen LogP contribution in [0.15, 0.2) is 30.3 Å². The Kier molecular flexibility index (Phi) is 5.39. The summed E-state index contributed by atoms with van der Waals surface area (Å²) >= 11 is 0. The van der Waals surface area contributed by atoms with Crippen LogP contribution in [0.2, 0.25) is 0 Å². The second-order valence-electron chi connectivity index (χ2n) is 3.89. The molecule has 1 aromatic rings. The number of amides is 2. The molecule has 0 spiro atoms. The monoisotopic (exact) mass is 245 g/mol. The number of hydrogen-bond donors (Lipinski definition) is 1. The summed E-state index contributed by atoms with van der Waals surface area (Å²) in [6.45, 7) is 0.257. The summed E-state index contributed by atoms with van der Waals surface area (Å²) in [5.74, 6) is -0.725. The van der Waals surface area contributed by atoms with Gasteiger partial charge in [-0.3, -0.25) is 9.59 Å². The van der Waals surface area contributed by atoms with Crippen molar-refractivity contribution in [3.8, 4) is 6.19 Å². The highest BCUT2D eigenvalue weighted by atomic mass is 16.2. The summed E-state index contributed by atoms with van der Waals surface area (Å²) in [4.78, 5) is 23.3. The van der Waals surface area contributed by atoms with E-state index in [2.05, 4.69) is 0 Å². The van der Waals surface area contributed by atoms with Crippen LogP contribution in [0.1, 0.15) is 24.8 Å². The van der Waals surface area contributed by atoms with Crippen LogP contribution in [-0.2, 0) is 16.1 Å². The molecule has 1 aromatic carbocycles. The van der Waals surface area contributed by atoms with Crippen LogP contribution in [0.3, 0.4) is 0 Å². The molecule has 0 bridgehead atoms. The van der Waals surface area contributed by atoms with Gasteiger partial charge in [0.2, 0.25) is 11.8 Å². The Labute approximate surface area is 106 Å². The van der Waals surface area contributed by atoms with Gasteiger partial charge in [0.25, 0.3) is 0 Å². The molecule has 5 heteroatoms. The molecule has 0 saturated heterocycles. The van der Waals surface area contributed by atoms with E-state index in [0.29, 0.717) is 6.42 Å². The molecule has 0 fully saturated rings. The first-order chi connectivity index (χ1) is 8.63. The van der Waals surface area contributed by atoms with Gasteiger partial charge < -0.3 is 5.73 Å². The van der Waals surface area contributed by atoms with Crippen molar-refractivity contribution in [2.45, 2.75) is 25.8 Å². The van der Waals surface area contributed by atoms with Crippen molar-refractivity contribution in [1.29, 1.82) is 5.26 Å². The largest absolute Gasteiger partial charge is 0.370 e. The number of rotatable bonds is 6. The molecular formula is C13H15N3O2. The Balaban J connectivity index is 2.49. The van der Waals surface area contributed by atoms with Crippen LogP contribution >= 0.6 is 0 Å². The van der Waals surface area contributed by atoms with Gasteiger partial charge in [0.05, 0.1) is 6.54 Å². The van der Waals surface area contributed by atoms with Gasteiger partial charge in [-0.25, -0.2) is 4.90 Å². The Hall–Kier alpha value is -2.35. The predicted octanol–water partition coefficient (Wildman–Crippen LogP) is 1.15. The Morgan fingerprint density at radius 2 is 1.89 bits per heavy atom. The number of benzene rings is 1. The molecule has 18 heavy (non-hydrogen) atoms. The normalized spacial score (nSPS) is 9.50. The molecule has 0 aromatic heterocycles. The minimum atomic E-state index is -0.436. The highest BCUT2D eigenvalue weighted by molar-refractivity contribution is 5.79. The fourth-order valence-corrected chi connectivity index (χ4v) is 1.49. The van der Waals surface area contributed by atoms with Crippen LogP contribution in [0, 0.1) is 11.5 Å². The van der Waals surface area contributed by atoms with E-state index in [1.165, 1.54) is 0 Å². The molecule has 0 aliphatic carbocycles. The molecule has 0 saturated carbocycles. The zero-order valence-electron chi connectivity index (χ0n) is 10.0. The van der Waals surface area contributed by atoms with Crippen LogP contribution in [0.4, 0.5) is 0 Å². The number of carbonyl (C=O) groups is 2. The van der Waals surface area contributed by atoms with Crippen LogP contribution in [0.5, 0.6) is 0 Å². The van der Waals surface area contributed by atoms with E-state index in [4.69, 9.17) is 11.0 Å². The summed E-state index contributed by atoms with van der Waals surface area (Å²) in [5, 5.41) is 8.93. The third-order valence-corrected chi connectivity index (χ3v) is 2.42. The van der Waals surface area contributed by atoms with Gasteiger partial charge >= 0.3 is 0 Å². The Morgan fingerprint density at radius 3 is 2.44 bits per heavy atom. The van der Waals surface area contributed by atoms with E-state index in [1.807, 2.05) is 36.5 Å². The molecule has 2 amide bonds. The minimum Gasteiger partial charge on any atom is -0.370 e. The van der Waals surface area contributed by atoms with Crippen molar-refractivity contribution in [2.75, 3.05) is 0 Å². The van der Waals surface area contributed by atoms with Crippen molar-refractivity contribution in [1.82, 2.24) is 4.90 Å².